The van der Waals surface area contributed by atoms with Gasteiger partial charge in [-0.2, -0.15) is 0 Å². The average Bonchev–Trinajstić information content (AvgIpc) is 1.60. The zero-order valence-corrected chi connectivity index (χ0v) is 47.2. The summed E-state index contributed by atoms with van der Waals surface area (Å²) in [6.45, 7) is 9.07. The summed E-state index contributed by atoms with van der Waals surface area (Å²) in [5, 5.41) is 0.895. The molecule has 5 aromatic carbocycles. The molecule has 19 rings (SSSR count). The second-order valence-corrected chi connectivity index (χ2v) is 25.4. The molecule has 2 aromatic heterocycles. The quantitative estimate of drug-likeness (QED) is 0.156. The first-order chi connectivity index (χ1) is 40.9. The van der Waals surface area contributed by atoms with E-state index < -0.39 is 94.2 Å². The van der Waals surface area contributed by atoms with Gasteiger partial charge >= 0.3 is 0 Å². The Morgan fingerprint density at radius 1 is 0.400 bits per heavy atom. The van der Waals surface area contributed by atoms with Gasteiger partial charge in [0.25, 0.3) is 0 Å². The normalized spacial score (nSPS) is 35.1. The molecule has 0 amide bonds. The number of ether oxygens (including phenoxy) is 13. The number of carbonyl (C=O) groups excluding carboxylic acids is 4. The van der Waals surface area contributed by atoms with Crippen LogP contribution in [0.25, 0.3) is 21.9 Å². The van der Waals surface area contributed by atoms with E-state index in [1.165, 1.54) is 47.9 Å². The monoisotopic (exact) mass is 1150 g/mol. The largest absolute Gasteiger partial charge is 0.495 e. The number of hydrogen-bond acceptors (Lipinski definition) is 20. The highest BCUT2D eigenvalue weighted by Crippen LogP contribution is 2.74. The first-order valence-electron chi connectivity index (χ1n) is 28.4. The second kappa shape index (κ2) is 14.7. The van der Waals surface area contributed by atoms with Crippen LogP contribution in [0.1, 0.15) is 121 Å². The molecule has 12 aliphatic rings. The molecule has 8 aliphatic heterocycles. The summed E-state index contributed by atoms with van der Waals surface area (Å²) in [6, 6.07) is 11.6. The van der Waals surface area contributed by atoms with Gasteiger partial charge in [-0.25, -0.2) is 0 Å². The van der Waals surface area contributed by atoms with Crippen molar-refractivity contribution in [3.05, 3.63) is 109 Å². The highest BCUT2D eigenvalue weighted by atomic mass is 16.6. The van der Waals surface area contributed by atoms with E-state index in [0.29, 0.717) is 84.6 Å². The van der Waals surface area contributed by atoms with Crippen molar-refractivity contribution in [1.82, 2.24) is 0 Å². The molecule has 20 heteroatoms. The number of furan rings is 1. The van der Waals surface area contributed by atoms with Crippen molar-refractivity contribution >= 4 is 45.1 Å². The molecule has 0 unspecified atom stereocenters. The van der Waals surface area contributed by atoms with Gasteiger partial charge in [0.15, 0.2) is 51.0 Å². The van der Waals surface area contributed by atoms with Crippen LogP contribution in [-0.4, -0.2) is 106 Å². The van der Waals surface area contributed by atoms with Gasteiger partial charge in [0, 0.05) is 82.3 Å². The van der Waals surface area contributed by atoms with E-state index in [0.717, 1.165) is 0 Å². The third-order valence-electron chi connectivity index (χ3n) is 21.8. The van der Waals surface area contributed by atoms with Crippen LogP contribution in [0.5, 0.6) is 74.7 Å². The third-order valence-corrected chi connectivity index (χ3v) is 21.8. The summed E-state index contributed by atoms with van der Waals surface area (Å²) in [4.78, 5) is 74.9. The van der Waals surface area contributed by atoms with Crippen LogP contribution < -0.4 is 67.0 Å². The van der Waals surface area contributed by atoms with Crippen molar-refractivity contribution in [3.8, 4) is 74.7 Å². The van der Waals surface area contributed by atoms with E-state index in [4.69, 9.17) is 70.4 Å². The predicted octanol–water partition coefficient (Wildman–Crippen LogP) is 8.92. The van der Waals surface area contributed by atoms with E-state index in [-0.39, 0.29) is 90.9 Å². The fraction of sp³-hybridized carbons (Fsp3) is 0.400. The highest BCUT2D eigenvalue weighted by Gasteiger charge is 2.78. The van der Waals surface area contributed by atoms with Crippen LogP contribution in [-0.2, 0) is 0 Å². The van der Waals surface area contributed by atoms with E-state index in [1.54, 1.807) is 43.3 Å². The van der Waals surface area contributed by atoms with Gasteiger partial charge in [-0.1, -0.05) is 0 Å². The maximum atomic E-state index is 15.7. The van der Waals surface area contributed by atoms with Crippen molar-refractivity contribution in [1.29, 1.82) is 0 Å². The topological polar surface area (TPSA) is 232 Å². The lowest BCUT2D eigenvalue weighted by Crippen LogP contribution is -2.71. The second-order valence-electron chi connectivity index (χ2n) is 25.4. The number of benzene rings is 5. The Bertz CT molecular complexity index is 4570. The van der Waals surface area contributed by atoms with Crippen molar-refractivity contribution < 1.29 is 89.6 Å². The molecule has 0 radical (unpaired) electrons. The SMILES string of the molecule is COc1c2c(cc3c1[C@H]1[C@@H](O3)[C@@]3(C)Oc4cc5c(c(OC)c4C(=O)[C@@H]13)[C@H]1[C@@H](O5)[C@@]3(C)Oc4cc5occc5c(OC)c4C(=O)[C@@H]13)O[C@]1(C)[C@@H]3Oc4cc5c(c(OC)c4[C@@H]3[C@@H]1C2=O)C(=O)[C@H]1[C@H]2c3c(cc4oc(C)cc(=O)c4c3OC)O[C@H]2[C@@]1(C)O5. The zero-order chi connectivity index (χ0) is 58.1. The minimum atomic E-state index is -1.21. The van der Waals surface area contributed by atoms with E-state index in [2.05, 4.69) is 0 Å². The Kier molecular flexibility index (Phi) is 8.35. The molecule has 0 saturated heterocycles. The van der Waals surface area contributed by atoms with E-state index in [9.17, 15) is 9.59 Å². The molecule has 0 N–H and O–H groups in total. The van der Waals surface area contributed by atoms with Crippen LogP contribution in [0.2, 0.25) is 0 Å². The molecule has 7 aromatic rings. The summed E-state index contributed by atoms with van der Waals surface area (Å²) in [7, 11) is 7.43. The number of carbonyl (C=O) groups is 4. The van der Waals surface area contributed by atoms with Crippen molar-refractivity contribution in [2.45, 2.75) is 105 Å². The Labute approximate surface area is 481 Å². The van der Waals surface area contributed by atoms with E-state index in [1.807, 2.05) is 27.7 Å². The van der Waals surface area contributed by atoms with Gasteiger partial charge in [0.2, 0.25) is 0 Å². The number of ketones is 4. The lowest BCUT2D eigenvalue weighted by molar-refractivity contribution is -0.145. The fourth-order valence-corrected chi connectivity index (χ4v) is 18.4. The first-order valence-corrected chi connectivity index (χ1v) is 28.4. The maximum Gasteiger partial charge on any atom is 0.196 e. The van der Waals surface area contributed by atoms with Gasteiger partial charge in [0.05, 0.1) is 70.9 Å². The standard InChI is InChI=1S/C65H50O20/c1-19-13-21(66)32-23(77-19)15-24-33(54(32)72-7)41-46-50(68)38-29(83-63(46,3)58(41)78-24)17-26-35(56(38)74-9)43-48-52(70)40-31(85-65(48,5)60(43)80-26)18-27-36(57(40)75-10)44-47-51(69)39-30(84-64(47,4)61(44)81-27)16-25-34(55(39)73-8)42-45-49(67)37-28(82-62(45,2)59(42)79-25)14-22-20(11-12-76-22)53(37)71-6/h11-18,41-48,58-61H,1-10H3/t41-,42-,43-,44-,45-,46-,47-,48-,58-,59-,60-,61-,62+,63+,64+,65+/m1/s1. The van der Waals surface area contributed by atoms with Crippen LogP contribution in [0.3, 0.4) is 0 Å². The van der Waals surface area contributed by atoms with Crippen molar-refractivity contribution in [3.63, 3.8) is 0 Å². The number of methoxy groups -OCH3 is 5. The lowest BCUT2D eigenvalue weighted by Gasteiger charge is -2.57. The van der Waals surface area contributed by atoms with Crippen LogP contribution in [0.15, 0.2) is 62.4 Å². The minimum Gasteiger partial charge on any atom is -0.495 e. The summed E-state index contributed by atoms with van der Waals surface area (Å²) in [6.07, 6.45) is -1.11. The van der Waals surface area contributed by atoms with Crippen molar-refractivity contribution in [2.75, 3.05) is 35.5 Å². The van der Waals surface area contributed by atoms with Crippen LogP contribution >= 0.6 is 0 Å². The summed E-state index contributed by atoms with van der Waals surface area (Å²) in [5.74, 6) is -2.10. The zero-order valence-electron chi connectivity index (χ0n) is 47.2. The molecule has 85 heavy (non-hydrogen) atoms. The molecule has 0 bridgehead atoms. The number of Topliss-reactive ketones (excluding diaryl/α,β-unsaturated/α-hetero) is 4. The molecular formula is C65H50O20. The third kappa shape index (κ3) is 4.98. The number of rotatable bonds is 5. The first kappa shape index (κ1) is 48.3. The fourth-order valence-electron chi connectivity index (χ4n) is 18.4. The number of fused-ring (bicyclic) bond motifs is 30. The maximum absolute atomic E-state index is 15.7. The average molecular weight is 1150 g/mol. The predicted molar refractivity (Wildman–Crippen MR) is 292 cm³/mol. The van der Waals surface area contributed by atoms with Crippen LogP contribution in [0.4, 0.5) is 0 Å². The molecule has 4 aliphatic carbocycles. The number of hydrogen-bond donors (Lipinski definition) is 0. The smallest absolute Gasteiger partial charge is 0.196 e. The molecule has 4 saturated carbocycles. The van der Waals surface area contributed by atoms with Crippen molar-refractivity contribution in [2.24, 2.45) is 23.7 Å². The minimum absolute atomic E-state index is 0.187. The summed E-state index contributed by atoms with van der Waals surface area (Å²) >= 11 is 0. The molecule has 20 nitrogen and oxygen atoms in total. The number of aryl methyl sites for hydroxylation is 1. The van der Waals surface area contributed by atoms with Gasteiger partial charge in [-0.15, -0.1) is 0 Å². The Hall–Kier alpha value is -9.07. The van der Waals surface area contributed by atoms with Gasteiger partial charge in [-0.3, -0.25) is 24.0 Å². The van der Waals surface area contributed by atoms with Gasteiger partial charge in [-0.05, 0) is 40.7 Å². The Balaban J connectivity index is 0.663. The van der Waals surface area contributed by atoms with Gasteiger partial charge < -0.3 is 70.4 Å². The molecule has 16 atom stereocenters. The van der Waals surface area contributed by atoms with Gasteiger partial charge in [0.1, 0.15) is 144 Å². The molecule has 0 spiro atoms. The Morgan fingerprint density at radius 3 is 1.11 bits per heavy atom. The summed E-state index contributed by atoms with van der Waals surface area (Å²) < 4.78 is 96.4. The van der Waals surface area contributed by atoms with Crippen LogP contribution in [0, 0.1) is 30.6 Å². The van der Waals surface area contributed by atoms with E-state index >= 15 is 14.4 Å². The molecule has 10 heterocycles. The molecule has 4 fully saturated rings. The molecular weight excluding hydrogens is 1100 g/mol. The Morgan fingerprint density at radius 2 is 0.729 bits per heavy atom. The lowest BCUT2D eigenvalue weighted by atomic mass is 9.52. The summed E-state index contributed by atoms with van der Waals surface area (Å²) in [5.41, 5.74) is -0.948. The molecule has 430 valence electrons. The highest BCUT2D eigenvalue weighted by molar-refractivity contribution is 6.13.